The molecule has 0 amide bonds. The molecule has 98 valence electrons. The van der Waals surface area contributed by atoms with Gasteiger partial charge in [-0.15, -0.1) is 0 Å². The van der Waals surface area contributed by atoms with E-state index in [1.807, 2.05) is 0 Å². The fourth-order valence-corrected chi connectivity index (χ4v) is 2.50. The van der Waals surface area contributed by atoms with Crippen LogP contribution in [0.15, 0.2) is 16.9 Å². The predicted molar refractivity (Wildman–Crippen MR) is 72.7 cm³/mol. The Morgan fingerprint density at radius 2 is 2.17 bits per heavy atom. The molecule has 0 radical (unpaired) electrons. The minimum atomic E-state index is -0.408. The number of piperidine rings is 1. The van der Waals surface area contributed by atoms with E-state index in [2.05, 4.69) is 38.2 Å². The maximum atomic E-state index is 11.0. The maximum Gasteiger partial charge on any atom is 0.311 e. The SMILES string of the molecule is CN1CCC(Nc2c(Br)cncc2[N+](=O)[O-])CC1. The number of anilines is 1. The summed E-state index contributed by atoms with van der Waals surface area (Å²) in [6.45, 7) is 2.02. The normalized spacial score (nSPS) is 17.7. The lowest BCUT2D eigenvalue weighted by atomic mass is 10.1. The third-order valence-corrected chi connectivity index (χ3v) is 3.74. The molecular weight excluding hydrogens is 300 g/mol. The number of hydrogen-bond donors (Lipinski definition) is 1. The molecule has 0 aromatic carbocycles. The minimum Gasteiger partial charge on any atom is -0.376 e. The summed E-state index contributed by atoms with van der Waals surface area (Å²) in [7, 11) is 2.08. The number of pyridine rings is 1. The number of likely N-dealkylation sites (tertiary alicyclic amines) is 1. The number of nitro groups is 1. The lowest BCUT2D eigenvalue weighted by Crippen LogP contribution is -2.36. The van der Waals surface area contributed by atoms with E-state index in [-0.39, 0.29) is 11.7 Å². The van der Waals surface area contributed by atoms with Crippen molar-refractivity contribution in [2.24, 2.45) is 0 Å². The standard InChI is InChI=1S/C11H15BrN4O2/c1-15-4-2-8(3-5-15)14-11-9(12)6-13-7-10(11)16(17)18/h6-8H,2-5H2,1H3,(H,13,14). The third-order valence-electron chi connectivity index (χ3n) is 3.14. The van der Waals surface area contributed by atoms with Crippen LogP contribution >= 0.6 is 15.9 Å². The third kappa shape index (κ3) is 2.97. The lowest BCUT2D eigenvalue weighted by Gasteiger charge is -2.30. The summed E-state index contributed by atoms with van der Waals surface area (Å²) < 4.78 is 0.635. The molecule has 1 saturated heterocycles. The molecule has 0 aliphatic carbocycles. The van der Waals surface area contributed by atoms with Crippen LogP contribution in [0.5, 0.6) is 0 Å². The second-order valence-corrected chi connectivity index (χ2v) is 5.35. The number of halogens is 1. The molecule has 0 bridgehead atoms. The summed E-state index contributed by atoms with van der Waals surface area (Å²) in [5.74, 6) is 0. The van der Waals surface area contributed by atoms with Gasteiger partial charge in [0.15, 0.2) is 0 Å². The van der Waals surface area contributed by atoms with Crippen molar-refractivity contribution in [3.8, 4) is 0 Å². The van der Waals surface area contributed by atoms with Gasteiger partial charge in [-0.05, 0) is 48.9 Å². The van der Waals surface area contributed by atoms with E-state index < -0.39 is 4.92 Å². The van der Waals surface area contributed by atoms with Gasteiger partial charge in [-0.25, -0.2) is 0 Å². The molecule has 2 rings (SSSR count). The molecule has 1 aromatic rings. The first-order valence-electron chi connectivity index (χ1n) is 5.81. The monoisotopic (exact) mass is 314 g/mol. The van der Waals surface area contributed by atoms with E-state index >= 15 is 0 Å². The molecule has 0 spiro atoms. The van der Waals surface area contributed by atoms with E-state index in [0.29, 0.717) is 10.2 Å². The Hall–Kier alpha value is -1.21. The largest absolute Gasteiger partial charge is 0.376 e. The van der Waals surface area contributed by atoms with Gasteiger partial charge in [0.1, 0.15) is 11.9 Å². The summed E-state index contributed by atoms with van der Waals surface area (Å²) in [5.41, 5.74) is 0.549. The van der Waals surface area contributed by atoms with Crippen molar-refractivity contribution in [3.63, 3.8) is 0 Å². The van der Waals surface area contributed by atoms with E-state index in [1.54, 1.807) is 6.20 Å². The average Bonchev–Trinajstić information content (AvgIpc) is 2.34. The molecule has 0 unspecified atom stereocenters. The molecule has 6 nitrogen and oxygen atoms in total. The van der Waals surface area contributed by atoms with Crippen LogP contribution in [0, 0.1) is 10.1 Å². The predicted octanol–water partition coefficient (Wildman–Crippen LogP) is 2.26. The second kappa shape index (κ2) is 5.62. The van der Waals surface area contributed by atoms with Crippen molar-refractivity contribution >= 4 is 27.3 Å². The van der Waals surface area contributed by atoms with Gasteiger partial charge in [-0.2, -0.15) is 0 Å². The zero-order valence-corrected chi connectivity index (χ0v) is 11.7. The summed E-state index contributed by atoms with van der Waals surface area (Å²) in [6, 6.07) is 0.276. The topological polar surface area (TPSA) is 71.3 Å². The molecule has 2 heterocycles. The molecule has 1 fully saturated rings. The van der Waals surface area contributed by atoms with Crippen LogP contribution in [0.25, 0.3) is 0 Å². The summed E-state index contributed by atoms with van der Waals surface area (Å²) in [4.78, 5) is 16.6. The van der Waals surface area contributed by atoms with Crippen molar-refractivity contribution in [1.29, 1.82) is 0 Å². The van der Waals surface area contributed by atoms with E-state index in [1.165, 1.54) is 6.20 Å². The van der Waals surface area contributed by atoms with E-state index in [9.17, 15) is 10.1 Å². The number of aromatic nitrogens is 1. The Balaban J connectivity index is 2.15. The summed E-state index contributed by atoms with van der Waals surface area (Å²) >= 11 is 3.31. The Morgan fingerprint density at radius 3 is 2.78 bits per heavy atom. The zero-order chi connectivity index (χ0) is 13.1. The second-order valence-electron chi connectivity index (χ2n) is 4.49. The van der Waals surface area contributed by atoms with Gasteiger partial charge in [0.25, 0.3) is 0 Å². The molecule has 1 N–H and O–H groups in total. The Bertz CT molecular complexity index is 447. The van der Waals surface area contributed by atoms with Crippen LogP contribution in [-0.2, 0) is 0 Å². The van der Waals surface area contributed by atoms with Gasteiger partial charge in [0.05, 0.1) is 9.40 Å². The smallest absolute Gasteiger partial charge is 0.311 e. The highest BCUT2D eigenvalue weighted by Crippen LogP contribution is 2.32. The van der Waals surface area contributed by atoms with Gasteiger partial charge < -0.3 is 10.2 Å². The van der Waals surface area contributed by atoms with Crippen LogP contribution in [0.2, 0.25) is 0 Å². The molecular formula is C11H15BrN4O2. The van der Waals surface area contributed by atoms with Gasteiger partial charge in [0.2, 0.25) is 0 Å². The highest BCUT2D eigenvalue weighted by atomic mass is 79.9. The first-order valence-corrected chi connectivity index (χ1v) is 6.60. The summed E-state index contributed by atoms with van der Waals surface area (Å²) in [6.07, 6.45) is 4.83. The molecule has 7 heteroatoms. The Labute approximate surface area is 114 Å². The highest BCUT2D eigenvalue weighted by Gasteiger charge is 2.22. The maximum absolute atomic E-state index is 11.0. The number of hydrogen-bond acceptors (Lipinski definition) is 5. The quantitative estimate of drug-likeness (QED) is 0.684. The number of nitrogens with zero attached hydrogens (tertiary/aromatic N) is 3. The average molecular weight is 315 g/mol. The van der Waals surface area contributed by atoms with Crippen molar-refractivity contribution in [3.05, 3.63) is 27.0 Å². The Morgan fingerprint density at radius 1 is 1.50 bits per heavy atom. The van der Waals surface area contributed by atoms with E-state index in [0.717, 1.165) is 25.9 Å². The fourth-order valence-electron chi connectivity index (χ4n) is 2.06. The number of nitrogens with one attached hydrogen (secondary N) is 1. The molecule has 1 aliphatic heterocycles. The Kier molecular flexibility index (Phi) is 4.13. The van der Waals surface area contributed by atoms with Crippen molar-refractivity contribution < 1.29 is 4.92 Å². The minimum absolute atomic E-state index is 0.0169. The first kappa shape index (κ1) is 13.2. The molecule has 18 heavy (non-hydrogen) atoms. The molecule has 0 atom stereocenters. The van der Waals surface area contributed by atoms with Crippen LogP contribution in [0.1, 0.15) is 12.8 Å². The van der Waals surface area contributed by atoms with Gasteiger partial charge in [0, 0.05) is 12.2 Å². The zero-order valence-electron chi connectivity index (χ0n) is 10.1. The summed E-state index contributed by atoms with van der Waals surface area (Å²) in [5, 5.41) is 14.2. The van der Waals surface area contributed by atoms with Crippen LogP contribution < -0.4 is 5.32 Å². The van der Waals surface area contributed by atoms with Crippen LogP contribution in [0.3, 0.4) is 0 Å². The van der Waals surface area contributed by atoms with Crippen molar-refractivity contribution in [2.75, 3.05) is 25.5 Å². The highest BCUT2D eigenvalue weighted by molar-refractivity contribution is 9.10. The van der Waals surface area contributed by atoms with Crippen molar-refractivity contribution in [1.82, 2.24) is 9.88 Å². The van der Waals surface area contributed by atoms with Gasteiger partial charge in [-0.1, -0.05) is 0 Å². The molecule has 1 aromatic heterocycles. The first-order chi connectivity index (χ1) is 8.58. The fraction of sp³-hybridized carbons (Fsp3) is 0.545. The van der Waals surface area contributed by atoms with Crippen LogP contribution in [-0.4, -0.2) is 41.0 Å². The molecule has 1 aliphatic rings. The van der Waals surface area contributed by atoms with E-state index in [4.69, 9.17) is 0 Å². The number of rotatable bonds is 3. The van der Waals surface area contributed by atoms with Crippen molar-refractivity contribution in [2.45, 2.75) is 18.9 Å². The van der Waals surface area contributed by atoms with Gasteiger partial charge in [-0.3, -0.25) is 15.1 Å². The van der Waals surface area contributed by atoms with Crippen LogP contribution in [0.4, 0.5) is 11.4 Å². The van der Waals surface area contributed by atoms with Gasteiger partial charge >= 0.3 is 5.69 Å². The lowest BCUT2D eigenvalue weighted by molar-refractivity contribution is -0.384. The molecule has 0 saturated carbocycles.